The number of aliphatic hydroxyl groups is 4. The van der Waals surface area contributed by atoms with Crippen LogP contribution in [0.15, 0.2) is 0 Å². The van der Waals surface area contributed by atoms with E-state index in [0.717, 1.165) is 0 Å². The summed E-state index contributed by atoms with van der Waals surface area (Å²) in [6.45, 7) is 3.07. The van der Waals surface area contributed by atoms with E-state index in [0.29, 0.717) is 25.7 Å². The minimum absolute atomic E-state index is 0. The molecule has 0 spiro atoms. The molecule has 41 heavy (non-hydrogen) atoms. The maximum Gasteiger partial charge on any atom is 0.319 e. The lowest BCUT2D eigenvalue weighted by Crippen LogP contribution is -2.29. The summed E-state index contributed by atoms with van der Waals surface area (Å²) >= 11 is 0. The molecule has 0 unspecified atom stereocenters. The lowest BCUT2D eigenvalue weighted by atomic mass is 9.96. The van der Waals surface area contributed by atoms with Crippen LogP contribution in [0.4, 0.5) is 0 Å². The Balaban J connectivity index is 0. The van der Waals surface area contributed by atoms with E-state index in [4.69, 9.17) is 63.5 Å². The molecule has 3 aliphatic rings. The normalized spacial score (nSPS) is 31.5. The Morgan fingerprint density at radius 3 is 1.32 bits per heavy atom. The number of carboxylic acid groups (broad SMARTS) is 1. The monoisotopic (exact) mass is 587 g/mol. The molecule has 0 aromatic heterocycles. The van der Waals surface area contributed by atoms with Crippen LogP contribution in [0.2, 0.25) is 0 Å². The first-order valence-corrected chi connectivity index (χ1v) is 12.9. The van der Waals surface area contributed by atoms with Gasteiger partial charge in [-0.25, -0.2) is 0 Å². The second-order valence-corrected chi connectivity index (χ2v) is 8.90. The van der Waals surface area contributed by atoms with E-state index in [1.54, 1.807) is 13.8 Å². The summed E-state index contributed by atoms with van der Waals surface area (Å²) in [7, 11) is 16.1. The Labute approximate surface area is 245 Å². The second kappa shape index (κ2) is 22.8. The molecule has 0 aliphatic carbocycles. The van der Waals surface area contributed by atoms with Crippen LogP contribution in [0, 0.1) is 0 Å². The quantitative estimate of drug-likeness (QED) is 0.127. The first-order chi connectivity index (χ1) is 18.8. The van der Waals surface area contributed by atoms with Crippen LogP contribution in [-0.2, 0) is 38.1 Å². The molecule has 3 rings (SSSR count). The molecule has 0 amide bonds. The predicted molar refractivity (Wildman–Crippen MR) is 148 cm³/mol. The molecule has 7 N–H and O–H groups in total. The average molecular weight is 587 g/mol. The first kappa shape index (κ1) is 41.4. The van der Waals surface area contributed by atoms with Gasteiger partial charge in [-0.1, -0.05) is 21.3 Å². The van der Waals surface area contributed by atoms with Crippen LogP contribution >= 0.6 is 0 Å². The Hall–Kier alpha value is -1.72. The van der Waals surface area contributed by atoms with Gasteiger partial charge >= 0.3 is 17.9 Å². The van der Waals surface area contributed by atoms with Crippen LogP contribution in [-0.4, -0.2) is 148 Å². The summed E-state index contributed by atoms with van der Waals surface area (Å²) in [5.41, 5.74) is 5.02. The number of rotatable bonds is 8. The molecular formula is C24H44B3NO13. The molecule has 14 nitrogen and oxygen atoms in total. The third-order valence-corrected chi connectivity index (χ3v) is 5.51. The van der Waals surface area contributed by atoms with Gasteiger partial charge in [0.2, 0.25) is 0 Å². The summed E-state index contributed by atoms with van der Waals surface area (Å²) in [6, 6.07) is -1.32. The van der Waals surface area contributed by atoms with Crippen LogP contribution in [0.5, 0.6) is 0 Å². The molecule has 0 aromatic carbocycles. The number of hydrogen-bond acceptors (Lipinski definition) is 13. The highest BCUT2D eigenvalue weighted by molar-refractivity contribution is 6.11. The van der Waals surface area contributed by atoms with Gasteiger partial charge in [-0.2, -0.15) is 0 Å². The fourth-order valence-corrected chi connectivity index (χ4v) is 3.26. The number of carbonyl (C=O) groups excluding carboxylic acids is 2. The van der Waals surface area contributed by atoms with Gasteiger partial charge in [0.05, 0.1) is 31.5 Å². The molecule has 9 atom stereocenters. The third kappa shape index (κ3) is 18.4. The zero-order chi connectivity index (χ0) is 30.8. The Morgan fingerprint density at radius 1 is 0.756 bits per heavy atom. The first-order valence-electron chi connectivity index (χ1n) is 12.9. The number of aliphatic hydroxyl groups excluding tert-OH is 4. The van der Waals surface area contributed by atoms with Crippen LogP contribution in [0.3, 0.4) is 0 Å². The summed E-state index contributed by atoms with van der Waals surface area (Å²) in [5.74, 6) is -1.56. The van der Waals surface area contributed by atoms with Crippen molar-refractivity contribution in [3.63, 3.8) is 0 Å². The van der Waals surface area contributed by atoms with E-state index in [2.05, 4.69) is 4.74 Å². The second-order valence-electron chi connectivity index (χ2n) is 8.90. The van der Waals surface area contributed by atoms with E-state index in [9.17, 15) is 24.6 Å². The van der Waals surface area contributed by atoms with Gasteiger partial charge in [-0.15, -0.1) is 0 Å². The van der Waals surface area contributed by atoms with Gasteiger partial charge in [0, 0.05) is 30.9 Å². The highest BCUT2D eigenvalue weighted by atomic mass is 16.6. The number of carbonyl (C=O) groups is 3. The standard InChI is InChI=1S/C8H13BO4.C7H12BNO4.C5H9BO3.C3H6O2.CH4/c1-2-8(11)12-4-6-5(10)3-7(9)13-6;8-6-1-4(10)5(13-6)3-12-7(11)2-9;6-5-1-3(8)4(2-7)9-5;1-2-3(4)5;/h5-7,10H,2-4H2,1H3;4-6,10H,1-3,9H2;3-5,7-8H,1-2H2;2H2,1H3,(H,4,5);1H4/t5-,6-,7-;4-,5-,6-;3-,4-,5-;;/m000../s1. The highest BCUT2D eigenvalue weighted by Crippen LogP contribution is 2.19. The van der Waals surface area contributed by atoms with Crippen molar-refractivity contribution in [3.8, 4) is 0 Å². The van der Waals surface area contributed by atoms with Crippen molar-refractivity contribution in [1.29, 1.82) is 0 Å². The van der Waals surface area contributed by atoms with E-state index in [1.165, 1.54) is 0 Å². The van der Waals surface area contributed by atoms with Crippen molar-refractivity contribution >= 4 is 41.4 Å². The molecular weight excluding hydrogens is 543 g/mol. The topological polar surface area (TPSA) is 225 Å². The molecule has 3 heterocycles. The van der Waals surface area contributed by atoms with Gasteiger partial charge in [-0.05, 0) is 19.3 Å². The van der Waals surface area contributed by atoms with Gasteiger partial charge in [0.1, 0.15) is 55.1 Å². The van der Waals surface area contributed by atoms with Gasteiger partial charge < -0.3 is 55.0 Å². The summed E-state index contributed by atoms with van der Waals surface area (Å²) < 4.78 is 24.6. The molecule has 3 fully saturated rings. The summed E-state index contributed by atoms with van der Waals surface area (Å²) in [4.78, 5) is 30.8. The molecule has 17 heteroatoms. The molecule has 0 aromatic rings. The minimum Gasteiger partial charge on any atom is -0.481 e. The molecule has 0 saturated carbocycles. The Kier molecular flexibility index (Phi) is 23.1. The zero-order valence-corrected chi connectivity index (χ0v) is 22.9. The van der Waals surface area contributed by atoms with Crippen molar-refractivity contribution in [3.05, 3.63) is 0 Å². The molecule has 3 saturated heterocycles. The SMILES string of the molecule is C.CCC(=O)O.[B][C@@H]1C[C@H](O)[C@H](CO)O1.[B][C@@H]1C[C@H](O)[C@H](COC(=O)CC)O1.[B][C@@H]1C[C@H](O)[C@H](COC(=O)CN)O1. The van der Waals surface area contributed by atoms with Crippen molar-refractivity contribution in [2.24, 2.45) is 5.73 Å². The molecule has 6 radical (unpaired) electrons. The van der Waals surface area contributed by atoms with Crippen molar-refractivity contribution < 1.29 is 63.6 Å². The summed E-state index contributed by atoms with van der Waals surface area (Å²) in [5, 5.41) is 43.9. The average Bonchev–Trinajstić information content (AvgIpc) is 3.54. The van der Waals surface area contributed by atoms with Crippen LogP contribution in [0.1, 0.15) is 53.4 Å². The number of nitrogens with two attached hydrogens (primary N) is 1. The Morgan fingerprint density at radius 2 is 1.10 bits per heavy atom. The number of carboxylic acids is 1. The van der Waals surface area contributed by atoms with E-state index in [1.807, 2.05) is 0 Å². The van der Waals surface area contributed by atoms with Crippen LogP contribution < -0.4 is 5.73 Å². The van der Waals surface area contributed by atoms with Gasteiger partial charge in [0.15, 0.2) is 0 Å². The number of esters is 2. The summed E-state index contributed by atoms with van der Waals surface area (Å²) in [6.07, 6.45) is -1.61. The van der Waals surface area contributed by atoms with Crippen molar-refractivity contribution in [2.45, 2.75) is 108 Å². The molecule has 0 bridgehead atoms. The van der Waals surface area contributed by atoms with Gasteiger partial charge in [0.25, 0.3) is 0 Å². The molecule has 3 aliphatic heterocycles. The lowest BCUT2D eigenvalue weighted by molar-refractivity contribution is -0.148. The zero-order valence-electron chi connectivity index (χ0n) is 22.9. The highest BCUT2D eigenvalue weighted by Gasteiger charge is 2.33. The Bertz CT molecular complexity index is 699. The minimum atomic E-state index is -0.745. The van der Waals surface area contributed by atoms with Crippen LogP contribution in [0.25, 0.3) is 0 Å². The van der Waals surface area contributed by atoms with E-state index in [-0.39, 0.29) is 46.2 Å². The van der Waals surface area contributed by atoms with E-state index >= 15 is 0 Å². The maximum atomic E-state index is 10.8. The van der Waals surface area contributed by atoms with Gasteiger partial charge in [-0.3, -0.25) is 14.4 Å². The largest absolute Gasteiger partial charge is 0.481 e. The van der Waals surface area contributed by atoms with Crippen molar-refractivity contribution in [1.82, 2.24) is 0 Å². The van der Waals surface area contributed by atoms with Crippen molar-refractivity contribution in [2.75, 3.05) is 26.4 Å². The third-order valence-electron chi connectivity index (χ3n) is 5.51. The van der Waals surface area contributed by atoms with E-state index < -0.39 is 66.6 Å². The number of ether oxygens (including phenoxy) is 5. The number of hydrogen-bond donors (Lipinski definition) is 6. The molecule has 232 valence electrons. The smallest absolute Gasteiger partial charge is 0.319 e. The lowest BCUT2D eigenvalue weighted by Gasteiger charge is -2.13. The predicted octanol–water partition coefficient (Wildman–Crippen LogP) is -2.54. The fraction of sp³-hybridized carbons (Fsp3) is 0.875. The maximum absolute atomic E-state index is 10.8. The number of aliphatic carboxylic acids is 1. The fourth-order valence-electron chi connectivity index (χ4n) is 3.26.